The summed E-state index contributed by atoms with van der Waals surface area (Å²) in [6, 6.07) is 22.3. The number of hydrogen-bond acceptors (Lipinski definition) is 4. The van der Waals surface area contributed by atoms with Crippen molar-refractivity contribution in [3.8, 4) is 28.4 Å². The highest BCUT2D eigenvalue weighted by Crippen LogP contribution is 2.40. The zero-order valence-corrected chi connectivity index (χ0v) is 17.4. The van der Waals surface area contributed by atoms with Gasteiger partial charge in [-0.3, -0.25) is 0 Å². The average molecular weight is 428 g/mol. The van der Waals surface area contributed by atoms with Gasteiger partial charge in [-0.05, 0) is 78.0 Å². The predicted octanol–water partition coefficient (Wildman–Crippen LogP) is 6.72. The first kappa shape index (κ1) is 21.1. The van der Waals surface area contributed by atoms with Crippen LogP contribution < -0.4 is 4.74 Å². The van der Waals surface area contributed by atoms with Gasteiger partial charge in [0.1, 0.15) is 23.1 Å². The third-order valence-corrected chi connectivity index (χ3v) is 4.89. The molecule has 0 unspecified atom stereocenters. The van der Waals surface area contributed by atoms with E-state index in [-0.39, 0.29) is 11.6 Å². The number of ether oxygens (including phenoxy) is 2. The Morgan fingerprint density at radius 1 is 1.00 bits per heavy atom. The molecule has 0 bridgehead atoms. The summed E-state index contributed by atoms with van der Waals surface area (Å²) in [5.74, 6) is 0.558. The number of carbonyl (C=O) groups is 1. The van der Waals surface area contributed by atoms with E-state index in [1.54, 1.807) is 49.4 Å². The molecular weight excluding hydrogens is 407 g/mol. The number of halogens is 1. The second-order valence-electron chi connectivity index (χ2n) is 7.11. The molecule has 0 radical (unpaired) electrons. The minimum absolute atomic E-state index is 0.152. The lowest BCUT2D eigenvalue weighted by Crippen LogP contribution is -1.98. The monoisotopic (exact) mass is 428 g/mol. The quantitative estimate of drug-likeness (QED) is 0.274. The van der Waals surface area contributed by atoms with E-state index in [9.17, 15) is 14.3 Å². The molecule has 0 saturated carbocycles. The third-order valence-electron chi connectivity index (χ3n) is 4.89. The molecule has 0 amide bonds. The van der Waals surface area contributed by atoms with Crippen molar-refractivity contribution < 1.29 is 23.8 Å². The third kappa shape index (κ3) is 4.78. The Morgan fingerprint density at radius 2 is 1.81 bits per heavy atom. The van der Waals surface area contributed by atoms with Crippen LogP contribution in [-0.4, -0.2) is 17.7 Å². The Balaban J connectivity index is 1.71. The number of hydrogen-bond donors (Lipinski definition) is 1. The van der Waals surface area contributed by atoms with Crippen LogP contribution in [0.25, 0.3) is 28.0 Å². The second-order valence-corrected chi connectivity index (χ2v) is 7.11. The first-order valence-electron chi connectivity index (χ1n) is 10.2. The van der Waals surface area contributed by atoms with Crippen LogP contribution in [0.5, 0.6) is 17.2 Å². The molecule has 0 aliphatic carbocycles. The molecule has 4 rings (SSSR count). The van der Waals surface area contributed by atoms with Crippen molar-refractivity contribution in [1.29, 1.82) is 0 Å². The molecule has 0 spiro atoms. The normalized spacial score (nSPS) is 11.1. The summed E-state index contributed by atoms with van der Waals surface area (Å²) >= 11 is 0. The maximum Gasteiger partial charge on any atom is 0.330 e. The highest BCUT2D eigenvalue weighted by atomic mass is 19.1. The van der Waals surface area contributed by atoms with E-state index >= 15 is 0 Å². The highest BCUT2D eigenvalue weighted by molar-refractivity contribution is 5.96. The maximum atomic E-state index is 13.9. The van der Waals surface area contributed by atoms with Crippen LogP contribution in [-0.2, 0) is 9.53 Å². The SMILES string of the molecule is CCOC(=O)C=Cc1ccc(Oc2c(-c3cccc(F)c3)ccc3cc(O)ccc23)cc1. The zero-order valence-electron chi connectivity index (χ0n) is 17.4. The van der Waals surface area contributed by atoms with Crippen molar-refractivity contribution in [2.24, 2.45) is 0 Å². The van der Waals surface area contributed by atoms with Crippen molar-refractivity contribution in [2.45, 2.75) is 6.92 Å². The summed E-state index contributed by atoms with van der Waals surface area (Å²) in [6.07, 6.45) is 3.04. The van der Waals surface area contributed by atoms with Gasteiger partial charge in [0.2, 0.25) is 0 Å². The van der Waals surface area contributed by atoms with Crippen LogP contribution in [0, 0.1) is 5.82 Å². The van der Waals surface area contributed by atoms with E-state index in [0.717, 1.165) is 21.9 Å². The number of carbonyl (C=O) groups excluding carboxylic acids is 1. The Morgan fingerprint density at radius 3 is 2.56 bits per heavy atom. The summed E-state index contributed by atoms with van der Waals surface area (Å²) < 4.78 is 25.0. The lowest BCUT2D eigenvalue weighted by Gasteiger charge is -2.15. The van der Waals surface area contributed by atoms with Crippen molar-refractivity contribution >= 4 is 22.8 Å². The van der Waals surface area contributed by atoms with Gasteiger partial charge in [0.05, 0.1) is 6.61 Å². The predicted molar refractivity (Wildman–Crippen MR) is 123 cm³/mol. The number of phenols is 1. The fourth-order valence-corrected chi connectivity index (χ4v) is 3.40. The fraction of sp³-hybridized carbons (Fsp3) is 0.0741. The first-order valence-corrected chi connectivity index (χ1v) is 10.2. The zero-order chi connectivity index (χ0) is 22.5. The van der Waals surface area contributed by atoms with Gasteiger partial charge < -0.3 is 14.6 Å². The Bertz CT molecular complexity index is 1290. The molecule has 0 fully saturated rings. The minimum Gasteiger partial charge on any atom is -0.508 e. The smallest absolute Gasteiger partial charge is 0.330 e. The first-order chi connectivity index (χ1) is 15.5. The number of benzene rings is 4. The molecule has 0 aliphatic heterocycles. The van der Waals surface area contributed by atoms with E-state index in [1.807, 2.05) is 30.3 Å². The standard InChI is InChI=1S/C27H21FO4/c1-2-31-26(30)15-8-18-6-11-23(12-7-18)32-27-24(19-4-3-5-21(28)16-19)13-9-20-17-22(29)10-14-25(20)27/h3-17,29H,2H2,1H3. The van der Waals surface area contributed by atoms with Crippen molar-refractivity contribution in [3.05, 3.63) is 96.3 Å². The number of phenolic OH excluding ortho intramolecular Hbond substituents is 1. The highest BCUT2D eigenvalue weighted by Gasteiger charge is 2.13. The molecule has 4 aromatic rings. The van der Waals surface area contributed by atoms with Crippen LogP contribution >= 0.6 is 0 Å². The minimum atomic E-state index is -0.397. The van der Waals surface area contributed by atoms with Gasteiger partial charge in [0.25, 0.3) is 0 Å². The molecule has 1 N–H and O–H groups in total. The summed E-state index contributed by atoms with van der Waals surface area (Å²) in [7, 11) is 0. The van der Waals surface area contributed by atoms with E-state index in [2.05, 4.69) is 0 Å². The summed E-state index contributed by atoms with van der Waals surface area (Å²) in [5, 5.41) is 11.4. The van der Waals surface area contributed by atoms with Crippen LogP contribution in [0.1, 0.15) is 12.5 Å². The van der Waals surface area contributed by atoms with Gasteiger partial charge in [-0.1, -0.05) is 30.3 Å². The van der Waals surface area contributed by atoms with E-state index in [1.165, 1.54) is 18.2 Å². The van der Waals surface area contributed by atoms with Gasteiger partial charge in [-0.15, -0.1) is 0 Å². The van der Waals surface area contributed by atoms with Gasteiger partial charge in [0.15, 0.2) is 0 Å². The second kappa shape index (κ2) is 9.35. The number of aromatic hydroxyl groups is 1. The lowest BCUT2D eigenvalue weighted by molar-refractivity contribution is -0.137. The van der Waals surface area contributed by atoms with Crippen LogP contribution in [0.2, 0.25) is 0 Å². The molecule has 0 aromatic heterocycles. The van der Waals surface area contributed by atoms with Crippen LogP contribution in [0.4, 0.5) is 4.39 Å². The van der Waals surface area contributed by atoms with Crippen LogP contribution in [0.15, 0.2) is 84.9 Å². The Labute approximate surface area is 185 Å². The van der Waals surface area contributed by atoms with E-state index in [0.29, 0.717) is 23.7 Å². The Hall–Kier alpha value is -4.12. The fourth-order valence-electron chi connectivity index (χ4n) is 3.40. The topological polar surface area (TPSA) is 55.8 Å². The lowest BCUT2D eigenvalue weighted by atomic mass is 9.99. The number of esters is 1. The van der Waals surface area contributed by atoms with Crippen molar-refractivity contribution in [3.63, 3.8) is 0 Å². The average Bonchev–Trinajstić information content (AvgIpc) is 2.79. The summed E-state index contributed by atoms with van der Waals surface area (Å²) in [5.41, 5.74) is 2.23. The molecule has 4 aromatic carbocycles. The molecule has 4 nitrogen and oxygen atoms in total. The summed E-state index contributed by atoms with van der Waals surface area (Å²) in [4.78, 5) is 11.5. The molecule has 0 saturated heterocycles. The number of rotatable bonds is 6. The van der Waals surface area contributed by atoms with E-state index in [4.69, 9.17) is 9.47 Å². The largest absolute Gasteiger partial charge is 0.508 e. The van der Waals surface area contributed by atoms with E-state index < -0.39 is 5.97 Å². The van der Waals surface area contributed by atoms with Gasteiger partial charge in [-0.2, -0.15) is 0 Å². The van der Waals surface area contributed by atoms with Gasteiger partial charge >= 0.3 is 5.97 Å². The molecule has 0 atom stereocenters. The van der Waals surface area contributed by atoms with Crippen molar-refractivity contribution in [2.75, 3.05) is 6.61 Å². The van der Waals surface area contributed by atoms with Gasteiger partial charge in [0, 0.05) is 17.0 Å². The molecule has 160 valence electrons. The molecular formula is C27H21FO4. The maximum absolute atomic E-state index is 13.9. The number of fused-ring (bicyclic) bond motifs is 1. The van der Waals surface area contributed by atoms with Crippen LogP contribution in [0.3, 0.4) is 0 Å². The molecule has 0 heterocycles. The molecule has 5 heteroatoms. The Kier molecular flexibility index (Phi) is 6.17. The molecule has 32 heavy (non-hydrogen) atoms. The molecule has 0 aliphatic rings. The van der Waals surface area contributed by atoms with Gasteiger partial charge in [-0.25, -0.2) is 9.18 Å². The van der Waals surface area contributed by atoms with Crippen molar-refractivity contribution in [1.82, 2.24) is 0 Å². The summed E-state index contributed by atoms with van der Waals surface area (Å²) in [6.45, 7) is 2.08.